The Kier molecular flexibility index (Phi) is 10.5. The maximum absolute atomic E-state index is 11.5. The van der Waals surface area contributed by atoms with Gasteiger partial charge in [0.2, 0.25) is 0 Å². The summed E-state index contributed by atoms with van der Waals surface area (Å²) in [6.07, 6.45) is 7.25. The van der Waals surface area contributed by atoms with Gasteiger partial charge in [-0.15, -0.1) is 0 Å². The van der Waals surface area contributed by atoms with Crippen molar-refractivity contribution >= 4 is 36.9 Å². The predicted molar refractivity (Wildman–Crippen MR) is 119 cm³/mol. The summed E-state index contributed by atoms with van der Waals surface area (Å²) in [5.74, 6) is -0.360. The minimum absolute atomic E-state index is 0.173. The molecule has 0 radical (unpaired) electrons. The molecule has 27 heavy (non-hydrogen) atoms. The molecule has 154 valence electrons. The summed E-state index contributed by atoms with van der Waals surface area (Å²) >= 11 is 2.04. The molecule has 1 aliphatic heterocycles. The van der Waals surface area contributed by atoms with E-state index in [2.05, 4.69) is 20.8 Å². The first-order valence-corrected chi connectivity index (χ1v) is 13.4. The maximum Gasteiger partial charge on any atom is 0.331 e. The Balaban J connectivity index is 3.09. The van der Waals surface area contributed by atoms with E-state index in [4.69, 9.17) is 9.16 Å². The van der Waals surface area contributed by atoms with Crippen LogP contribution in [-0.4, -0.2) is 48.4 Å². The minimum atomic E-state index is -2.02. The van der Waals surface area contributed by atoms with Crippen molar-refractivity contribution in [2.45, 2.75) is 82.6 Å². The third-order valence-electron chi connectivity index (χ3n) is 5.32. The molecule has 0 aromatic carbocycles. The molecule has 0 fully saturated rings. The fourth-order valence-corrected chi connectivity index (χ4v) is 6.77. The summed E-state index contributed by atoms with van der Waals surface area (Å²) in [5.41, 5.74) is -0.956. The van der Waals surface area contributed by atoms with E-state index in [0.29, 0.717) is 6.42 Å². The van der Waals surface area contributed by atoms with Crippen LogP contribution in [0.1, 0.15) is 40.5 Å². The summed E-state index contributed by atoms with van der Waals surface area (Å²) in [6, 6.07) is 2.86. The van der Waals surface area contributed by atoms with Crippen molar-refractivity contribution in [2.24, 2.45) is 0 Å². The van der Waals surface area contributed by atoms with E-state index in [9.17, 15) is 15.0 Å². The summed E-state index contributed by atoms with van der Waals surface area (Å²) in [7, 11) is -2.02. The Morgan fingerprint density at radius 2 is 2.00 bits per heavy atom. The average Bonchev–Trinajstić information content (AvgIpc) is 2.65. The number of rotatable bonds is 11. The van der Waals surface area contributed by atoms with Crippen molar-refractivity contribution in [2.75, 3.05) is 0 Å². The highest BCUT2D eigenvalue weighted by Gasteiger charge is 2.41. The van der Waals surface area contributed by atoms with Gasteiger partial charge in [-0.3, -0.25) is 0 Å². The first-order valence-electron chi connectivity index (χ1n) is 9.63. The maximum atomic E-state index is 11.5. The molecule has 1 aliphatic rings. The SMILES string of the molecule is CC[Si](CC)(CC)O[C@](C)(/C=C/[C@H]1CC=CC(=O)O1)[C@H](O)C[C@@H](O)/C=C/I. The quantitative estimate of drug-likeness (QED) is 0.189. The van der Waals surface area contributed by atoms with Crippen molar-refractivity contribution in [3.63, 3.8) is 0 Å². The standard InChI is InChI=1S/C20H33IO5Si/c1-5-27(6-2,7-3)26-20(4,18(23)15-16(22)12-14-21)13-11-17-9-8-10-19(24)25-17/h8,10-14,16-18,22-23H,5-7,9,15H2,1-4H3/b13-11+,14-12+/t16-,17+,18+,20+/m0/s1. The predicted octanol–water partition coefficient (Wildman–Crippen LogP) is 4.26. The van der Waals surface area contributed by atoms with Crippen LogP contribution in [0.15, 0.2) is 34.5 Å². The van der Waals surface area contributed by atoms with Gasteiger partial charge < -0.3 is 19.4 Å². The van der Waals surface area contributed by atoms with E-state index < -0.39 is 26.1 Å². The molecule has 0 saturated heterocycles. The molecule has 0 spiro atoms. The molecule has 0 unspecified atom stereocenters. The molecule has 0 saturated carbocycles. The lowest BCUT2D eigenvalue weighted by atomic mass is 9.93. The molecule has 4 atom stereocenters. The molecular weight excluding hydrogens is 475 g/mol. The van der Waals surface area contributed by atoms with Gasteiger partial charge in [0.25, 0.3) is 0 Å². The van der Waals surface area contributed by atoms with Crippen LogP contribution < -0.4 is 0 Å². The van der Waals surface area contributed by atoms with Gasteiger partial charge in [-0.2, -0.15) is 0 Å². The molecule has 1 heterocycles. The van der Waals surface area contributed by atoms with Gasteiger partial charge in [0.15, 0.2) is 8.32 Å². The molecule has 0 bridgehead atoms. The molecule has 0 aromatic heterocycles. The van der Waals surface area contributed by atoms with E-state index in [-0.39, 0.29) is 18.5 Å². The molecule has 1 rings (SSSR count). The Morgan fingerprint density at radius 1 is 1.37 bits per heavy atom. The third kappa shape index (κ3) is 7.45. The van der Waals surface area contributed by atoms with Crippen LogP contribution in [0.5, 0.6) is 0 Å². The lowest BCUT2D eigenvalue weighted by Gasteiger charge is -2.42. The number of aliphatic hydroxyl groups excluding tert-OH is 2. The molecule has 7 heteroatoms. The average molecular weight is 508 g/mol. The number of esters is 1. The monoisotopic (exact) mass is 508 g/mol. The number of carbonyl (C=O) groups is 1. The van der Waals surface area contributed by atoms with E-state index in [1.54, 1.807) is 22.3 Å². The summed E-state index contributed by atoms with van der Waals surface area (Å²) in [5, 5.41) is 21.0. The van der Waals surface area contributed by atoms with Gasteiger partial charge in [-0.1, -0.05) is 61.6 Å². The number of cyclic esters (lactones) is 1. The molecule has 0 aliphatic carbocycles. The molecule has 0 amide bonds. The number of ether oxygens (including phenoxy) is 1. The van der Waals surface area contributed by atoms with Crippen molar-refractivity contribution in [3.05, 3.63) is 34.5 Å². The number of hydrogen-bond acceptors (Lipinski definition) is 5. The highest BCUT2D eigenvalue weighted by molar-refractivity contribution is 14.1. The lowest BCUT2D eigenvalue weighted by Crippen LogP contribution is -2.51. The Bertz CT molecular complexity index is 550. The summed E-state index contributed by atoms with van der Waals surface area (Å²) in [6.45, 7) is 8.27. The second-order valence-corrected chi connectivity index (χ2v) is 12.6. The van der Waals surface area contributed by atoms with E-state index >= 15 is 0 Å². The fourth-order valence-electron chi connectivity index (χ4n) is 3.22. The minimum Gasteiger partial charge on any atom is -0.455 e. The highest BCUT2D eigenvalue weighted by Crippen LogP contribution is 2.33. The van der Waals surface area contributed by atoms with Gasteiger partial charge in [-0.25, -0.2) is 4.79 Å². The van der Waals surface area contributed by atoms with Crippen LogP contribution in [0.4, 0.5) is 0 Å². The zero-order chi connectivity index (χ0) is 20.5. The highest BCUT2D eigenvalue weighted by atomic mass is 127. The van der Waals surface area contributed by atoms with E-state index in [0.717, 1.165) is 18.1 Å². The Hall–Kier alpha value is -0.483. The fraction of sp³-hybridized carbons (Fsp3) is 0.650. The molecule has 5 nitrogen and oxygen atoms in total. The van der Waals surface area contributed by atoms with Crippen molar-refractivity contribution in [1.82, 2.24) is 0 Å². The second kappa shape index (κ2) is 11.5. The topological polar surface area (TPSA) is 76.0 Å². The summed E-state index contributed by atoms with van der Waals surface area (Å²) in [4.78, 5) is 11.5. The van der Waals surface area contributed by atoms with Gasteiger partial charge >= 0.3 is 5.97 Å². The number of halogens is 1. The largest absolute Gasteiger partial charge is 0.455 e. The van der Waals surface area contributed by atoms with Gasteiger partial charge in [0.05, 0.1) is 17.8 Å². The van der Waals surface area contributed by atoms with Crippen LogP contribution in [0, 0.1) is 0 Å². The molecule has 0 aromatic rings. The zero-order valence-electron chi connectivity index (χ0n) is 16.7. The third-order valence-corrected chi connectivity index (χ3v) is 10.5. The van der Waals surface area contributed by atoms with Crippen LogP contribution in [0.2, 0.25) is 18.1 Å². The van der Waals surface area contributed by atoms with Crippen LogP contribution in [0.25, 0.3) is 0 Å². The molecular formula is C20H33IO5Si. The summed E-state index contributed by atoms with van der Waals surface area (Å²) < 4.78 is 13.7. The first kappa shape index (κ1) is 24.6. The number of hydrogen-bond donors (Lipinski definition) is 2. The van der Waals surface area contributed by atoms with Crippen molar-refractivity contribution in [1.29, 1.82) is 0 Å². The van der Waals surface area contributed by atoms with Crippen LogP contribution >= 0.6 is 22.6 Å². The Morgan fingerprint density at radius 3 is 2.52 bits per heavy atom. The van der Waals surface area contributed by atoms with Crippen molar-refractivity contribution in [3.8, 4) is 0 Å². The second-order valence-electron chi connectivity index (χ2n) is 7.14. The number of aliphatic hydroxyl groups is 2. The normalized spacial score (nSPS) is 22.8. The van der Waals surface area contributed by atoms with E-state index in [1.807, 2.05) is 35.6 Å². The first-order chi connectivity index (χ1) is 12.7. The van der Waals surface area contributed by atoms with Crippen LogP contribution in [-0.2, 0) is 14.0 Å². The number of carbonyl (C=O) groups excluding carboxylic acids is 1. The lowest BCUT2D eigenvalue weighted by molar-refractivity contribution is -0.141. The van der Waals surface area contributed by atoms with E-state index in [1.165, 1.54) is 6.08 Å². The van der Waals surface area contributed by atoms with Crippen LogP contribution in [0.3, 0.4) is 0 Å². The van der Waals surface area contributed by atoms with Gasteiger partial charge in [0.1, 0.15) is 6.10 Å². The smallest absolute Gasteiger partial charge is 0.331 e. The Labute approximate surface area is 177 Å². The van der Waals surface area contributed by atoms with Crippen molar-refractivity contribution < 1.29 is 24.2 Å². The zero-order valence-corrected chi connectivity index (χ0v) is 19.9. The molecule has 2 N–H and O–H groups in total. The van der Waals surface area contributed by atoms with Gasteiger partial charge in [-0.05, 0) is 35.2 Å². The van der Waals surface area contributed by atoms with Gasteiger partial charge in [0, 0.05) is 18.9 Å².